The maximum atomic E-state index is 11.1. The van der Waals surface area contributed by atoms with Crippen molar-refractivity contribution in [2.45, 2.75) is 58.3 Å². The van der Waals surface area contributed by atoms with Crippen LogP contribution in [0, 0.1) is 18.8 Å². The number of hydrogen-bond donors (Lipinski definition) is 0. The van der Waals surface area contributed by atoms with Crippen molar-refractivity contribution in [2.24, 2.45) is 11.8 Å². The molecule has 2 unspecified atom stereocenters. The normalized spacial score (nSPS) is 24.6. The Bertz CT molecular complexity index is 201. The van der Waals surface area contributed by atoms with Gasteiger partial charge in [0.15, 0.2) is 0 Å². The third-order valence-corrected chi connectivity index (χ3v) is 3.53. The Morgan fingerprint density at radius 1 is 1.38 bits per heavy atom. The molecular formula is C14H25O2. The van der Waals surface area contributed by atoms with E-state index in [1.54, 1.807) is 0 Å². The molecule has 0 aromatic carbocycles. The van der Waals surface area contributed by atoms with Crippen LogP contribution in [0.25, 0.3) is 0 Å². The van der Waals surface area contributed by atoms with E-state index in [0.717, 1.165) is 31.1 Å². The van der Waals surface area contributed by atoms with Crippen LogP contribution in [0.1, 0.15) is 58.3 Å². The predicted octanol–water partition coefficient (Wildman–Crippen LogP) is 3.75. The number of hydrogen-bond acceptors (Lipinski definition) is 2. The molecule has 2 atom stereocenters. The molecule has 93 valence electrons. The highest BCUT2D eigenvalue weighted by Crippen LogP contribution is 2.35. The van der Waals surface area contributed by atoms with Crippen LogP contribution in [0.5, 0.6) is 0 Å². The first-order valence-electron chi connectivity index (χ1n) is 6.71. The number of rotatable bonds is 7. The molecule has 0 amide bonds. The second-order valence-corrected chi connectivity index (χ2v) is 4.95. The minimum absolute atomic E-state index is 0.0374. The molecular weight excluding hydrogens is 200 g/mol. The van der Waals surface area contributed by atoms with Crippen LogP contribution in [0.3, 0.4) is 0 Å². The van der Waals surface area contributed by atoms with Crippen LogP contribution < -0.4 is 0 Å². The third kappa shape index (κ3) is 5.00. The lowest BCUT2D eigenvalue weighted by atomic mass is 9.99. The summed E-state index contributed by atoms with van der Waals surface area (Å²) in [5, 5.41) is 0. The van der Waals surface area contributed by atoms with E-state index in [1.165, 1.54) is 25.7 Å². The molecule has 0 aromatic rings. The third-order valence-electron chi connectivity index (χ3n) is 3.53. The summed E-state index contributed by atoms with van der Waals surface area (Å²) < 4.78 is 5.14. The van der Waals surface area contributed by atoms with Gasteiger partial charge in [-0.25, -0.2) is 0 Å². The van der Waals surface area contributed by atoms with Gasteiger partial charge in [0.05, 0.1) is 6.61 Å². The predicted molar refractivity (Wildman–Crippen MR) is 65.9 cm³/mol. The van der Waals surface area contributed by atoms with Gasteiger partial charge < -0.3 is 4.74 Å². The molecule has 0 spiro atoms. The fourth-order valence-corrected chi connectivity index (χ4v) is 2.54. The molecule has 0 bridgehead atoms. The molecule has 1 fully saturated rings. The lowest BCUT2D eigenvalue weighted by Gasteiger charge is -2.10. The Morgan fingerprint density at radius 3 is 2.75 bits per heavy atom. The number of ether oxygens (including phenoxy) is 1. The van der Waals surface area contributed by atoms with Gasteiger partial charge >= 0.3 is 5.97 Å². The fraction of sp³-hybridized carbons (Fsp3) is 0.857. The molecule has 1 radical (unpaired) electrons. The van der Waals surface area contributed by atoms with Crippen molar-refractivity contribution in [1.82, 2.24) is 0 Å². The zero-order valence-corrected chi connectivity index (χ0v) is 10.5. The molecule has 0 aliphatic heterocycles. The van der Waals surface area contributed by atoms with Gasteiger partial charge in [0.1, 0.15) is 0 Å². The van der Waals surface area contributed by atoms with Crippen molar-refractivity contribution >= 4 is 5.97 Å². The van der Waals surface area contributed by atoms with E-state index in [4.69, 9.17) is 4.74 Å². The second kappa shape index (κ2) is 7.70. The average Bonchev–Trinajstić information content (AvgIpc) is 2.73. The largest absolute Gasteiger partial charge is 0.466 e. The molecule has 0 saturated heterocycles. The summed E-state index contributed by atoms with van der Waals surface area (Å²) in [5.41, 5.74) is 0. The van der Waals surface area contributed by atoms with E-state index in [0.29, 0.717) is 13.0 Å². The van der Waals surface area contributed by atoms with E-state index in [9.17, 15) is 4.79 Å². The fourth-order valence-electron chi connectivity index (χ4n) is 2.54. The van der Waals surface area contributed by atoms with Gasteiger partial charge in [0, 0.05) is 6.42 Å². The van der Waals surface area contributed by atoms with Crippen molar-refractivity contribution in [2.75, 3.05) is 6.61 Å². The molecule has 0 N–H and O–H groups in total. The van der Waals surface area contributed by atoms with Crippen LogP contribution in [-0.2, 0) is 9.53 Å². The SMILES string of the molecule is [CH2]CC1CCC(CCCOC(=O)CCC)C1. The maximum Gasteiger partial charge on any atom is 0.305 e. The van der Waals surface area contributed by atoms with Crippen molar-refractivity contribution < 1.29 is 9.53 Å². The van der Waals surface area contributed by atoms with Crippen LogP contribution in [0.4, 0.5) is 0 Å². The van der Waals surface area contributed by atoms with Gasteiger partial charge in [-0.2, -0.15) is 0 Å². The Kier molecular flexibility index (Phi) is 6.51. The van der Waals surface area contributed by atoms with Crippen LogP contribution in [-0.4, -0.2) is 12.6 Å². The number of carbonyl (C=O) groups excluding carboxylic acids is 1. The van der Waals surface area contributed by atoms with Crippen molar-refractivity contribution in [3.8, 4) is 0 Å². The molecule has 0 heterocycles. The van der Waals surface area contributed by atoms with E-state index in [-0.39, 0.29) is 5.97 Å². The van der Waals surface area contributed by atoms with E-state index >= 15 is 0 Å². The zero-order valence-electron chi connectivity index (χ0n) is 10.5. The maximum absolute atomic E-state index is 11.1. The smallest absolute Gasteiger partial charge is 0.305 e. The highest BCUT2D eigenvalue weighted by Gasteiger charge is 2.22. The first-order chi connectivity index (χ1) is 7.76. The first-order valence-corrected chi connectivity index (χ1v) is 6.71. The van der Waals surface area contributed by atoms with E-state index in [1.807, 2.05) is 6.92 Å². The highest BCUT2D eigenvalue weighted by molar-refractivity contribution is 5.69. The first kappa shape index (κ1) is 13.5. The topological polar surface area (TPSA) is 26.3 Å². The Morgan fingerprint density at radius 2 is 2.12 bits per heavy atom. The molecule has 2 heteroatoms. The standard InChI is InChI=1S/C14H25O2/c1-3-6-14(15)16-10-5-7-13-9-8-12(4-2)11-13/h12-13H,2-11H2,1H3. The van der Waals surface area contributed by atoms with Gasteiger partial charge in [-0.15, -0.1) is 0 Å². The van der Waals surface area contributed by atoms with Gasteiger partial charge in [-0.05, 0) is 37.5 Å². The summed E-state index contributed by atoms with van der Waals surface area (Å²) in [6.07, 6.45) is 8.82. The van der Waals surface area contributed by atoms with Gasteiger partial charge in [0.25, 0.3) is 0 Å². The van der Waals surface area contributed by atoms with Gasteiger partial charge in [-0.1, -0.05) is 33.1 Å². The van der Waals surface area contributed by atoms with E-state index in [2.05, 4.69) is 6.92 Å². The number of carbonyl (C=O) groups is 1. The zero-order chi connectivity index (χ0) is 11.8. The van der Waals surface area contributed by atoms with Crippen molar-refractivity contribution in [3.63, 3.8) is 0 Å². The lowest BCUT2D eigenvalue weighted by Crippen LogP contribution is -2.06. The quantitative estimate of drug-likeness (QED) is 0.487. The van der Waals surface area contributed by atoms with Gasteiger partial charge in [0.2, 0.25) is 0 Å². The molecule has 0 aromatic heterocycles. The highest BCUT2D eigenvalue weighted by atomic mass is 16.5. The Hall–Kier alpha value is -0.530. The van der Waals surface area contributed by atoms with Crippen molar-refractivity contribution in [3.05, 3.63) is 6.92 Å². The van der Waals surface area contributed by atoms with Crippen LogP contribution in [0.15, 0.2) is 0 Å². The average molecular weight is 225 g/mol. The summed E-state index contributed by atoms with van der Waals surface area (Å²) in [5.74, 6) is 1.67. The molecule has 1 saturated carbocycles. The summed E-state index contributed by atoms with van der Waals surface area (Å²) in [7, 11) is 0. The molecule has 1 aliphatic rings. The molecule has 16 heavy (non-hydrogen) atoms. The second-order valence-electron chi connectivity index (χ2n) is 4.95. The molecule has 1 aliphatic carbocycles. The Labute approximate surface area is 99.8 Å². The molecule has 2 nitrogen and oxygen atoms in total. The van der Waals surface area contributed by atoms with Crippen LogP contribution >= 0.6 is 0 Å². The molecule has 1 rings (SSSR count). The minimum atomic E-state index is -0.0374. The van der Waals surface area contributed by atoms with Crippen molar-refractivity contribution in [1.29, 1.82) is 0 Å². The summed E-state index contributed by atoms with van der Waals surface area (Å²) in [6, 6.07) is 0. The Balaban J connectivity index is 1.97. The summed E-state index contributed by atoms with van der Waals surface area (Å²) >= 11 is 0. The van der Waals surface area contributed by atoms with Crippen LogP contribution in [0.2, 0.25) is 0 Å². The number of esters is 1. The summed E-state index contributed by atoms with van der Waals surface area (Å²) in [4.78, 5) is 11.1. The minimum Gasteiger partial charge on any atom is -0.466 e. The van der Waals surface area contributed by atoms with E-state index < -0.39 is 0 Å². The van der Waals surface area contributed by atoms with Gasteiger partial charge in [-0.3, -0.25) is 4.79 Å². The monoisotopic (exact) mass is 225 g/mol. The summed E-state index contributed by atoms with van der Waals surface area (Å²) in [6.45, 7) is 6.59. The lowest BCUT2D eigenvalue weighted by molar-refractivity contribution is -0.143.